The van der Waals surface area contributed by atoms with Crippen LogP contribution in [0.15, 0.2) is 35.6 Å². The van der Waals surface area contributed by atoms with Crippen molar-refractivity contribution in [3.05, 3.63) is 47.0 Å². The Kier molecular flexibility index (Phi) is 5.95. The molecule has 0 aliphatic carbocycles. The Morgan fingerprint density at radius 2 is 2.22 bits per heavy atom. The Morgan fingerprint density at radius 3 is 2.85 bits per heavy atom. The van der Waals surface area contributed by atoms with Gasteiger partial charge in [-0.3, -0.25) is 9.48 Å². The van der Waals surface area contributed by atoms with Gasteiger partial charge in [-0.1, -0.05) is 17.7 Å². The summed E-state index contributed by atoms with van der Waals surface area (Å²) >= 11 is 6.08. The van der Waals surface area contributed by atoms with Gasteiger partial charge in [0.25, 0.3) is 0 Å². The smallest absolute Gasteiger partial charge is 0.246 e. The fourth-order valence-electron chi connectivity index (χ4n) is 2.94. The largest absolute Gasteiger partial charge is 0.356 e. The van der Waals surface area contributed by atoms with E-state index in [9.17, 15) is 9.18 Å². The van der Waals surface area contributed by atoms with Gasteiger partial charge in [0.2, 0.25) is 5.91 Å². The molecule has 7 nitrogen and oxygen atoms in total. The van der Waals surface area contributed by atoms with Crippen LogP contribution in [0.25, 0.3) is 0 Å². The summed E-state index contributed by atoms with van der Waals surface area (Å²) in [5.74, 6) is 0.138. The molecule has 2 heterocycles. The highest BCUT2D eigenvalue weighted by Crippen LogP contribution is 2.20. The molecule has 1 aromatic carbocycles. The molecule has 0 radical (unpaired) electrons. The minimum Gasteiger partial charge on any atom is -0.356 e. The lowest BCUT2D eigenvalue weighted by Crippen LogP contribution is -2.55. The number of carbonyl (C=O) groups is 1. The number of aromatic nitrogens is 2. The zero-order valence-electron chi connectivity index (χ0n) is 15.3. The van der Waals surface area contributed by atoms with Gasteiger partial charge in [0.05, 0.1) is 18.4 Å². The first-order chi connectivity index (χ1) is 13.0. The summed E-state index contributed by atoms with van der Waals surface area (Å²) in [6.45, 7) is 4.00. The first kappa shape index (κ1) is 19.2. The molecule has 0 atom stereocenters. The number of guanidine groups is 1. The van der Waals surface area contributed by atoms with Crippen LogP contribution in [0.2, 0.25) is 5.02 Å². The van der Waals surface area contributed by atoms with E-state index >= 15 is 0 Å². The standard InChI is InChI=1S/C18H22ClFN6O/c1-3-21-18(22-10-14-15(19)5-4-6-16(14)20)25-7-8-26(17(27)12-25)13-9-23-24(2)11-13/h4-6,9,11H,3,7-8,10,12H2,1-2H3,(H,21,22). The number of carbonyl (C=O) groups excluding carboxylic acids is 1. The molecule has 0 spiro atoms. The van der Waals surface area contributed by atoms with Gasteiger partial charge >= 0.3 is 0 Å². The van der Waals surface area contributed by atoms with E-state index in [1.807, 2.05) is 25.1 Å². The third kappa shape index (κ3) is 4.39. The third-order valence-electron chi connectivity index (χ3n) is 4.31. The van der Waals surface area contributed by atoms with Gasteiger partial charge < -0.3 is 15.1 Å². The van der Waals surface area contributed by atoms with Crippen LogP contribution in [0.1, 0.15) is 12.5 Å². The van der Waals surface area contributed by atoms with Crippen LogP contribution >= 0.6 is 11.6 Å². The molecule has 0 saturated carbocycles. The molecule has 1 amide bonds. The van der Waals surface area contributed by atoms with Gasteiger partial charge in [0.15, 0.2) is 5.96 Å². The van der Waals surface area contributed by atoms with Gasteiger partial charge in [-0.15, -0.1) is 0 Å². The van der Waals surface area contributed by atoms with Gasteiger partial charge in [-0.2, -0.15) is 5.10 Å². The van der Waals surface area contributed by atoms with Crippen molar-refractivity contribution in [2.45, 2.75) is 13.5 Å². The molecule has 0 bridgehead atoms. The lowest BCUT2D eigenvalue weighted by molar-refractivity contribution is -0.120. The number of aryl methyl sites for hydroxylation is 1. The number of benzene rings is 1. The fourth-order valence-corrected chi connectivity index (χ4v) is 3.16. The van der Waals surface area contributed by atoms with Crippen LogP contribution in [-0.2, 0) is 18.4 Å². The van der Waals surface area contributed by atoms with Crippen molar-refractivity contribution in [1.29, 1.82) is 0 Å². The van der Waals surface area contributed by atoms with E-state index in [0.717, 1.165) is 5.69 Å². The Hall–Kier alpha value is -2.61. The molecule has 3 rings (SSSR count). The van der Waals surface area contributed by atoms with Gasteiger partial charge in [-0.05, 0) is 19.1 Å². The van der Waals surface area contributed by atoms with E-state index in [2.05, 4.69) is 15.4 Å². The average Bonchev–Trinajstić information content (AvgIpc) is 3.06. The number of aliphatic imine (C=N–C) groups is 1. The molecule has 0 unspecified atom stereocenters. The van der Waals surface area contributed by atoms with Crippen LogP contribution in [0.3, 0.4) is 0 Å². The lowest BCUT2D eigenvalue weighted by Gasteiger charge is -2.35. The molecule has 1 aliphatic heterocycles. The molecule has 9 heteroatoms. The molecule has 1 N–H and O–H groups in total. The molecule has 1 saturated heterocycles. The predicted molar refractivity (Wildman–Crippen MR) is 103 cm³/mol. The van der Waals surface area contributed by atoms with Crippen molar-refractivity contribution < 1.29 is 9.18 Å². The highest BCUT2D eigenvalue weighted by Gasteiger charge is 2.27. The number of rotatable bonds is 4. The van der Waals surface area contributed by atoms with Crippen molar-refractivity contribution >= 4 is 29.2 Å². The SMILES string of the molecule is CCNC(=NCc1c(F)cccc1Cl)N1CCN(c2cnn(C)c2)C(=O)C1. The van der Waals surface area contributed by atoms with Gasteiger partial charge in [0.1, 0.15) is 12.4 Å². The summed E-state index contributed by atoms with van der Waals surface area (Å²) in [4.78, 5) is 20.7. The Balaban J connectivity index is 1.73. The van der Waals surface area contributed by atoms with Gasteiger partial charge in [0, 0.05) is 43.5 Å². The number of halogens is 2. The van der Waals surface area contributed by atoms with E-state index in [1.54, 1.807) is 27.9 Å². The minimum atomic E-state index is -0.389. The molecule has 1 fully saturated rings. The molecule has 1 aliphatic rings. The number of hydrogen-bond donors (Lipinski definition) is 1. The summed E-state index contributed by atoms with van der Waals surface area (Å²) in [5, 5.41) is 7.62. The number of amides is 1. The second kappa shape index (κ2) is 8.39. The fraction of sp³-hybridized carbons (Fsp3) is 0.389. The maximum Gasteiger partial charge on any atom is 0.246 e. The topological polar surface area (TPSA) is 65.8 Å². The first-order valence-electron chi connectivity index (χ1n) is 8.74. The van der Waals surface area contributed by atoms with Gasteiger partial charge in [-0.25, -0.2) is 9.38 Å². The minimum absolute atomic E-state index is 0.0382. The number of piperazine rings is 1. The maximum atomic E-state index is 14.0. The summed E-state index contributed by atoms with van der Waals surface area (Å²) in [7, 11) is 1.81. The third-order valence-corrected chi connectivity index (χ3v) is 4.66. The van der Waals surface area contributed by atoms with E-state index in [0.29, 0.717) is 36.2 Å². The highest BCUT2D eigenvalue weighted by atomic mass is 35.5. The summed E-state index contributed by atoms with van der Waals surface area (Å²) in [5.41, 5.74) is 1.12. The molecular weight excluding hydrogens is 371 g/mol. The van der Waals surface area contributed by atoms with Crippen molar-refractivity contribution in [1.82, 2.24) is 20.0 Å². The normalized spacial score (nSPS) is 15.4. The summed E-state index contributed by atoms with van der Waals surface area (Å²) in [6.07, 6.45) is 3.49. The van der Waals surface area contributed by atoms with Crippen molar-refractivity contribution in [3.63, 3.8) is 0 Å². The second-order valence-electron chi connectivity index (χ2n) is 6.21. The molecular formula is C18H22ClFN6O. The maximum absolute atomic E-state index is 14.0. The first-order valence-corrected chi connectivity index (χ1v) is 9.12. The average molecular weight is 393 g/mol. The van der Waals surface area contributed by atoms with E-state index in [1.165, 1.54) is 6.07 Å². The zero-order valence-corrected chi connectivity index (χ0v) is 16.1. The number of hydrogen-bond acceptors (Lipinski definition) is 3. The zero-order chi connectivity index (χ0) is 19.4. The van der Waals surface area contributed by atoms with Crippen LogP contribution in [-0.4, -0.2) is 52.7 Å². The monoisotopic (exact) mass is 392 g/mol. The molecule has 27 heavy (non-hydrogen) atoms. The van der Waals surface area contributed by atoms with Crippen molar-refractivity contribution in [2.24, 2.45) is 12.0 Å². The Morgan fingerprint density at radius 1 is 1.41 bits per heavy atom. The van der Waals surface area contributed by atoms with Crippen LogP contribution in [0.5, 0.6) is 0 Å². The van der Waals surface area contributed by atoms with Crippen LogP contribution < -0.4 is 10.2 Å². The number of nitrogens with zero attached hydrogens (tertiary/aromatic N) is 5. The molecule has 2 aromatic rings. The van der Waals surface area contributed by atoms with E-state index in [4.69, 9.17) is 11.6 Å². The van der Waals surface area contributed by atoms with Crippen molar-refractivity contribution in [3.8, 4) is 0 Å². The number of nitrogens with one attached hydrogen (secondary N) is 1. The predicted octanol–water partition coefficient (Wildman–Crippen LogP) is 2.03. The summed E-state index contributed by atoms with van der Waals surface area (Å²) < 4.78 is 15.6. The second-order valence-corrected chi connectivity index (χ2v) is 6.62. The molecule has 1 aromatic heterocycles. The summed E-state index contributed by atoms with van der Waals surface area (Å²) in [6, 6.07) is 4.56. The lowest BCUT2D eigenvalue weighted by atomic mass is 10.2. The van der Waals surface area contributed by atoms with E-state index in [-0.39, 0.29) is 24.8 Å². The Labute approximate surface area is 162 Å². The van der Waals surface area contributed by atoms with Crippen molar-refractivity contribution in [2.75, 3.05) is 31.1 Å². The van der Waals surface area contributed by atoms with Crippen LogP contribution in [0.4, 0.5) is 10.1 Å². The quantitative estimate of drug-likeness (QED) is 0.638. The van der Waals surface area contributed by atoms with Crippen LogP contribution in [0, 0.1) is 5.82 Å². The number of anilines is 1. The Bertz CT molecular complexity index is 832. The molecule has 144 valence electrons. The highest BCUT2D eigenvalue weighted by molar-refractivity contribution is 6.31. The van der Waals surface area contributed by atoms with E-state index < -0.39 is 0 Å².